The summed E-state index contributed by atoms with van der Waals surface area (Å²) in [4.78, 5) is 15.5. The number of nitrogens with zero attached hydrogens (tertiary/aromatic N) is 2. The van der Waals surface area contributed by atoms with E-state index in [2.05, 4.69) is 22.3 Å². The van der Waals surface area contributed by atoms with Crippen LogP contribution < -0.4 is 5.32 Å². The van der Waals surface area contributed by atoms with Crippen LogP contribution in [0.3, 0.4) is 0 Å². The average Bonchev–Trinajstić information content (AvgIpc) is 2.81. The molecule has 2 aliphatic rings. The highest BCUT2D eigenvalue weighted by Crippen LogP contribution is 2.22. The minimum atomic E-state index is -3.74. The summed E-state index contributed by atoms with van der Waals surface area (Å²) < 4.78 is 32.9. The number of hydrogen-bond acceptors (Lipinski definition) is 5. The van der Waals surface area contributed by atoms with Crippen LogP contribution in [0.2, 0.25) is 0 Å². The van der Waals surface area contributed by atoms with Gasteiger partial charge in [-0.2, -0.15) is 4.31 Å². The topological polar surface area (TPSA) is 79.0 Å². The Bertz CT molecular complexity index is 983. The highest BCUT2D eigenvalue weighted by atomic mass is 32.2. The zero-order valence-corrected chi connectivity index (χ0v) is 18.4. The van der Waals surface area contributed by atoms with Crippen molar-refractivity contribution in [3.05, 3.63) is 65.7 Å². The molecule has 8 heteroatoms. The summed E-state index contributed by atoms with van der Waals surface area (Å²) in [6.45, 7) is 4.05. The molecule has 2 heterocycles. The summed E-state index contributed by atoms with van der Waals surface area (Å²) in [6, 6.07) is 16.9. The van der Waals surface area contributed by atoms with Gasteiger partial charge in [0, 0.05) is 38.8 Å². The van der Waals surface area contributed by atoms with E-state index < -0.39 is 10.0 Å². The number of amides is 1. The van der Waals surface area contributed by atoms with Crippen LogP contribution in [-0.2, 0) is 21.3 Å². The van der Waals surface area contributed by atoms with E-state index in [1.807, 2.05) is 18.2 Å². The Morgan fingerprint density at radius 2 is 1.58 bits per heavy atom. The standard InChI is InChI=1S/C23H29N3O4S/c27-23(24-20-10-12-25(13-11-20)18-19-6-2-1-3-7-19)21-8-4-5-9-22(21)31(28,29)26-14-16-30-17-15-26/h1-9,20H,10-18H2,(H,24,27). The van der Waals surface area contributed by atoms with Gasteiger partial charge in [0.15, 0.2) is 0 Å². The predicted molar refractivity (Wildman–Crippen MR) is 118 cm³/mol. The van der Waals surface area contributed by atoms with Crippen molar-refractivity contribution in [3.8, 4) is 0 Å². The van der Waals surface area contributed by atoms with Gasteiger partial charge in [-0.05, 0) is 30.5 Å². The minimum Gasteiger partial charge on any atom is -0.379 e. The Kier molecular flexibility index (Phi) is 7.02. The lowest BCUT2D eigenvalue weighted by atomic mass is 10.0. The van der Waals surface area contributed by atoms with Crippen molar-refractivity contribution in [1.82, 2.24) is 14.5 Å². The first-order valence-corrected chi connectivity index (χ1v) is 12.2. The maximum Gasteiger partial charge on any atom is 0.252 e. The zero-order chi connectivity index (χ0) is 21.7. The smallest absolute Gasteiger partial charge is 0.252 e. The Hall–Kier alpha value is -2.26. The van der Waals surface area contributed by atoms with Crippen LogP contribution in [-0.4, -0.2) is 69.0 Å². The minimum absolute atomic E-state index is 0.0404. The van der Waals surface area contributed by atoms with E-state index in [0.29, 0.717) is 26.3 Å². The monoisotopic (exact) mass is 443 g/mol. The summed E-state index contributed by atoms with van der Waals surface area (Å²) in [6.07, 6.45) is 1.69. The van der Waals surface area contributed by atoms with Crippen molar-refractivity contribution in [3.63, 3.8) is 0 Å². The molecule has 166 valence electrons. The molecule has 0 spiro atoms. The largest absolute Gasteiger partial charge is 0.379 e. The number of hydrogen-bond donors (Lipinski definition) is 1. The van der Waals surface area contributed by atoms with E-state index in [4.69, 9.17) is 4.74 Å². The lowest BCUT2D eigenvalue weighted by molar-refractivity contribution is 0.0729. The van der Waals surface area contributed by atoms with Gasteiger partial charge in [-0.25, -0.2) is 8.42 Å². The number of ether oxygens (including phenoxy) is 1. The normalized spacial score (nSPS) is 19.2. The molecular weight excluding hydrogens is 414 g/mol. The molecule has 31 heavy (non-hydrogen) atoms. The number of benzene rings is 2. The lowest BCUT2D eigenvalue weighted by Gasteiger charge is -2.32. The van der Waals surface area contributed by atoms with E-state index in [1.54, 1.807) is 18.2 Å². The molecule has 0 atom stereocenters. The predicted octanol–water partition coefficient (Wildman–Crippen LogP) is 2.10. The molecule has 2 fully saturated rings. The fraction of sp³-hybridized carbons (Fsp3) is 0.435. The van der Waals surface area contributed by atoms with Crippen LogP contribution in [0.15, 0.2) is 59.5 Å². The number of morpholine rings is 1. The second kappa shape index (κ2) is 9.91. The highest BCUT2D eigenvalue weighted by Gasteiger charge is 2.31. The molecule has 0 aliphatic carbocycles. The number of carbonyl (C=O) groups excluding carboxylic acids is 1. The fourth-order valence-corrected chi connectivity index (χ4v) is 5.74. The van der Waals surface area contributed by atoms with E-state index in [9.17, 15) is 13.2 Å². The van der Waals surface area contributed by atoms with Gasteiger partial charge in [-0.3, -0.25) is 9.69 Å². The number of nitrogens with one attached hydrogen (secondary N) is 1. The van der Waals surface area contributed by atoms with Gasteiger partial charge in [-0.15, -0.1) is 0 Å². The van der Waals surface area contributed by atoms with Crippen LogP contribution >= 0.6 is 0 Å². The lowest BCUT2D eigenvalue weighted by Crippen LogP contribution is -2.45. The number of likely N-dealkylation sites (tertiary alicyclic amines) is 1. The molecule has 7 nitrogen and oxygen atoms in total. The van der Waals surface area contributed by atoms with Crippen LogP contribution in [0.25, 0.3) is 0 Å². The highest BCUT2D eigenvalue weighted by molar-refractivity contribution is 7.89. The first kappa shape index (κ1) is 22.0. The fourth-order valence-electron chi connectivity index (χ4n) is 4.15. The van der Waals surface area contributed by atoms with Crippen LogP contribution in [0, 0.1) is 0 Å². The first-order valence-electron chi connectivity index (χ1n) is 10.8. The number of sulfonamides is 1. The van der Waals surface area contributed by atoms with E-state index in [0.717, 1.165) is 32.5 Å². The van der Waals surface area contributed by atoms with E-state index >= 15 is 0 Å². The molecule has 2 saturated heterocycles. The molecule has 2 aromatic rings. The maximum absolute atomic E-state index is 13.1. The zero-order valence-electron chi connectivity index (χ0n) is 17.6. The van der Waals surface area contributed by atoms with Crippen molar-refractivity contribution in [1.29, 1.82) is 0 Å². The van der Waals surface area contributed by atoms with Gasteiger partial charge in [0.25, 0.3) is 5.91 Å². The third-order valence-electron chi connectivity index (χ3n) is 5.89. The third-order valence-corrected chi connectivity index (χ3v) is 7.85. The van der Waals surface area contributed by atoms with Crippen molar-refractivity contribution in [2.45, 2.75) is 30.3 Å². The molecule has 2 aliphatic heterocycles. The van der Waals surface area contributed by atoms with Crippen molar-refractivity contribution >= 4 is 15.9 Å². The summed E-state index contributed by atoms with van der Waals surface area (Å²) in [5.74, 6) is -0.325. The van der Waals surface area contributed by atoms with Crippen LogP contribution in [0.4, 0.5) is 0 Å². The second-order valence-corrected chi connectivity index (χ2v) is 9.93. The van der Waals surface area contributed by atoms with Gasteiger partial charge in [0.1, 0.15) is 0 Å². The van der Waals surface area contributed by atoms with Gasteiger partial charge in [0.05, 0.1) is 23.7 Å². The Morgan fingerprint density at radius 3 is 2.29 bits per heavy atom. The molecule has 0 aromatic heterocycles. The van der Waals surface area contributed by atoms with Gasteiger partial charge >= 0.3 is 0 Å². The molecule has 0 radical (unpaired) electrons. The molecular formula is C23H29N3O4S. The Labute approximate surface area is 184 Å². The Morgan fingerprint density at radius 1 is 0.935 bits per heavy atom. The summed E-state index contributed by atoms with van der Waals surface area (Å²) in [5, 5.41) is 3.06. The van der Waals surface area contributed by atoms with E-state index in [1.165, 1.54) is 15.9 Å². The summed E-state index contributed by atoms with van der Waals surface area (Å²) in [5.41, 5.74) is 1.49. The van der Waals surface area contributed by atoms with Crippen LogP contribution in [0.1, 0.15) is 28.8 Å². The van der Waals surface area contributed by atoms with Crippen LogP contribution in [0.5, 0.6) is 0 Å². The summed E-state index contributed by atoms with van der Waals surface area (Å²) in [7, 11) is -3.74. The van der Waals surface area contributed by atoms with Crippen molar-refractivity contribution in [2.24, 2.45) is 0 Å². The molecule has 1 amide bonds. The number of carbonyl (C=O) groups is 1. The molecule has 0 saturated carbocycles. The van der Waals surface area contributed by atoms with Crippen molar-refractivity contribution < 1.29 is 17.9 Å². The van der Waals surface area contributed by atoms with Gasteiger partial charge < -0.3 is 10.1 Å². The first-order chi connectivity index (χ1) is 15.0. The van der Waals surface area contributed by atoms with E-state index in [-0.39, 0.29) is 22.4 Å². The second-order valence-electron chi connectivity index (χ2n) is 8.02. The summed E-state index contributed by atoms with van der Waals surface area (Å²) >= 11 is 0. The van der Waals surface area contributed by atoms with Gasteiger partial charge in [-0.1, -0.05) is 42.5 Å². The molecule has 1 N–H and O–H groups in total. The third kappa shape index (κ3) is 5.33. The Balaban J connectivity index is 1.38. The molecule has 0 unspecified atom stereocenters. The average molecular weight is 444 g/mol. The SMILES string of the molecule is O=C(NC1CCN(Cc2ccccc2)CC1)c1ccccc1S(=O)(=O)N1CCOCC1. The maximum atomic E-state index is 13.1. The number of piperidine rings is 1. The molecule has 2 aromatic carbocycles. The quantitative estimate of drug-likeness (QED) is 0.740. The molecule has 0 bridgehead atoms. The number of rotatable bonds is 6. The van der Waals surface area contributed by atoms with Gasteiger partial charge in [0.2, 0.25) is 10.0 Å². The van der Waals surface area contributed by atoms with Crippen molar-refractivity contribution in [2.75, 3.05) is 39.4 Å². The molecule has 4 rings (SSSR count).